The Bertz CT molecular complexity index is 1110. The Balaban J connectivity index is 1.22. The summed E-state index contributed by atoms with van der Waals surface area (Å²) in [6.45, 7) is 5.48. The Kier molecular flexibility index (Phi) is 7.31. The summed E-state index contributed by atoms with van der Waals surface area (Å²) in [5.41, 5.74) is 3.94. The first-order valence-electron chi connectivity index (χ1n) is 12.4. The topological polar surface area (TPSA) is 54.0 Å². The minimum absolute atomic E-state index is 0.114. The van der Waals surface area contributed by atoms with Gasteiger partial charge in [0, 0.05) is 38.4 Å². The first-order valence-corrected chi connectivity index (χ1v) is 12.4. The van der Waals surface area contributed by atoms with Crippen molar-refractivity contribution in [1.29, 1.82) is 0 Å². The lowest BCUT2D eigenvalue weighted by molar-refractivity contribution is -0.0141. The van der Waals surface area contributed by atoms with Crippen LogP contribution < -0.4 is 15.0 Å². The zero-order valence-electron chi connectivity index (χ0n) is 20.2. The van der Waals surface area contributed by atoms with E-state index in [1.165, 1.54) is 5.69 Å². The van der Waals surface area contributed by atoms with E-state index < -0.39 is 0 Å². The van der Waals surface area contributed by atoms with Crippen LogP contribution in [0.1, 0.15) is 16.8 Å². The monoisotopic (exact) mass is 471 g/mol. The fraction of sp³-hybridized carbons (Fsp3) is 0.345. The number of piperidine rings is 1. The fourth-order valence-corrected chi connectivity index (χ4v) is 5.09. The second-order valence-electron chi connectivity index (χ2n) is 9.17. The van der Waals surface area contributed by atoms with Gasteiger partial charge < -0.3 is 19.7 Å². The molecule has 2 aliphatic heterocycles. The van der Waals surface area contributed by atoms with Crippen LogP contribution >= 0.6 is 0 Å². The van der Waals surface area contributed by atoms with Gasteiger partial charge in [0.2, 0.25) is 0 Å². The molecule has 0 bridgehead atoms. The molecule has 1 unspecified atom stereocenters. The highest BCUT2D eigenvalue weighted by Gasteiger charge is 2.34. The van der Waals surface area contributed by atoms with Gasteiger partial charge in [-0.2, -0.15) is 0 Å². The summed E-state index contributed by atoms with van der Waals surface area (Å²) in [6.07, 6.45) is 0.713. The van der Waals surface area contributed by atoms with Crippen LogP contribution in [0.2, 0.25) is 0 Å². The summed E-state index contributed by atoms with van der Waals surface area (Å²) in [5.74, 6) is 0.635. The van der Waals surface area contributed by atoms with Crippen molar-refractivity contribution in [3.05, 3.63) is 84.4 Å². The number of hydrogen-bond acceptors (Lipinski definition) is 6. The van der Waals surface area contributed by atoms with Crippen LogP contribution in [0, 0.1) is 0 Å². The molecule has 2 saturated heterocycles. The van der Waals surface area contributed by atoms with Crippen molar-refractivity contribution < 1.29 is 14.3 Å². The van der Waals surface area contributed by atoms with Crippen molar-refractivity contribution in [1.82, 2.24) is 10.2 Å². The minimum Gasteiger partial charge on any atom is -0.497 e. The molecule has 2 atom stereocenters. The number of rotatable bonds is 6. The number of anilines is 1. The zero-order chi connectivity index (χ0) is 24.0. The lowest BCUT2D eigenvalue weighted by Gasteiger charge is -2.44. The third-order valence-corrected chi connectivity index (χ3v) is 7.07. The number of nitrogens with zero attached hydrogens (tertiary/aromatic N) is 2. The zero-order valence-corrected chi connectivity index (χ0v) is 20.2. The molecular formula is C29H33N3O3. The number of methoxy groups -OCH3 is 1. The Labute approximate surface area is 207 Å². The van der Waals surface area contributed by atoms with Gasteiger partial charge in [-0.15, -0.1) is 0 Å². The van der Waals surface area contributed by atoms with Gasteiger partial charge in [0.05, 0.1) is 18.7 Å². The number of carbonyl (C=O) groups is 1. The molecule has 35 heavy (non-hydrogen) atoms. The average molecular weight is 472 g/mol. The highest BCUT2D eigenvalue weighted by Crippen LogP contribution is 2.25. The summed E-state index contributed by atoms with van der Waals surface area (Å²) < 4.78 is 11.4. The molecule has 6 heteroatoms. The van der Waals surface area contributed by atoms with E-state index in [2.05, 4.69) is 39.4 Å². The molecule has 5 rings (SSSR count). The van der Waals surface area contributed by atoms with E-state index in [-0.39, 0.29) is 18.1 Å². The Morgan fingerprint density at radius 2 is 1.63 bits per heavy atom. The van der Waals surface area contributed by atoms with Crippen LogP contribution in [-0.2, 0) is 4.74 Å². The predicted molar refractivity (Wildman–Crippen MR) is 139 cm³/mol. The number of ether oxygens (including phenoxy) is 2. The van der Waals surface area contributed by atoms with Crippen LogP contribution in [-0.4, -0.2) is 69.4 Å². The second kappa shape index (κ2) is 10.9. The standard InChI is InChI=1S/C29H33N3O3/c1-34-26-12-10-25(11-13-26)31-16-18-32(19-17-31)27-21-30-15-14-28(27)35-29(33)24-9-5-8-23(20-24)22-6-3-2-4-7-22/h2-13,20,27-28,30H,14-19,21H2,1H3/t27?,28-/m1/s1. The lowest BCUT2D eigenvalue weighted by Crippen LogP contribution is -2.60. The number of nitrogens with one attached hydrogen (secondary N) is 1. The van der Waals surface area contributed by atoms with Crippen LogP contribution in [0.3, 0.4) is 0 Å². The molecular weight excluding hydrogens is 438 g/mol. The van der Waals surface area contributed by atoms with Crippen molar-refractivity contribution in [2.24, 2.45) is 0 Å². The quantitative estimate of drug-likeness (QED) is 0.547. The van der Waals surface area contributed by atoms with E-state index in [0.29, 0.717) is 5.56 Å². The van der Waals surface area contributed by atoms with Gasteiger partial charge in [0.1, 0.15) is 11.9 Å². The number of carbonyl (C=O) groups excluding carboxylic acids is 1. The number of piperazine rings is 1. The SMILES string of the molecule is COc1ccc(N2CCN(C3CNCC[C@H]3OC(=O)c3cccc(-c4ccccc4)c3)CC2)cc1. The first kappa shape index (κ1) is 23.4. The van der Waals surface area contributed by atoms with E-state index in [9.17, 15) is 4.79 Å². The van der Waals surface area contributed by atoms with Crippen molar-refractivity contribution in [3.63, 3.8) is 0 Å². The maximum atomic E-state index is 13.1. The molecule has 2 aliphatic rings. The van der Waals surface area contributed by atoms with Crippen molar-refractivity contribution in [2.45, 2.75) is 18.6 Å². The van der Waals surface area contributed by atoms with Gasteiger partial charge in [0.15, 0.2) is 0 Å². The van der Waals surface area contributed by atoms with Gasteiger partial charge in [-0.05, 0) is 60.5 Å². The van der Waals surface area contributed by atoms with Gasteiger partial charge >= 0.3 is 5.97 Å². The fourth-order valence-electron chi connectivity index (χ4n) is 5.09. The Morgan fingerprint density at radius 1 is 0.886 bits per heavy atom. The molecule has 1 N–H and O–H groups in total. The normalized spacial score (nSPS) is 20.9. The van der Waals surface area contributed by atoms with Crippen molar-refractivity contribution in [2.75, 3.05) is 51.3 Å². The molecule has 3 aromatic rings. The van der Waals surface area contributed by atoms with E-state index in [4.69, 9.17) is 9.47 Å². The molecule has 0 aliphatic carbocycles. The molecule has 0 amide bonds. The van der Waals surface area contributed by atoms with Gasteiger partial charge in [0.25, 0.3) is 0 Å². The van der Waals surface area contributed by atoms with Crippen LogP contribution in [0.15, 0.2) is 78.9 Å². The molecule has 2 fully saturated rings. The van der Waals surface area contributed by atoms with Crippen molar-refractivity contribution in [3.8, 4) is 16.9 Å². The maximum absolute atomic E-state index is 13.1. The molecule has 3 aromatic carbocycles. The van der Waals surface area contributed by atoms with Gasteiger partial charge in [-0.3, -0.25) is 4.90 Å². The van der Waals surface area contributed by atoms with E-state index in [1.807, 2.05) is 54.6 Å². The summed E-state index contributed by atoms with van der Waals surface area (Å²) in [6, 6.07) is 26.3. The number of benzene rings is 3. The summed E-state index contributed by atoms with van der Waals surface area (Å²) >= 11 is 0. The first-order chi connectivity index (χ1) is 17.2. The second-order valence-corrected chi connectivity index (χ2v) is 9.17. The van der Waals surface area contributed by atoms with Crippen molar-refractivity contribution >= 4 is 11.7 Å². The highest BCUT2D eigenvalue weighted by atomic mass is 16.5. The molecule has 0 spiro atoms. The summed E-state index contributed by atoms with van der Waals surface area (Å²) in [5, 5.41) is 3.50. The average Bonchev–Trinajstić information content (AvgIpc) is 2.94. The molecule has 0 saturated carbocycles. The molecule has 2 heterocycles. The van der Waals surface area contributed by atoms with Crippen LogP contribution in [0.4, 0.5) is 5.69 Å². The number of hydrogen-bond donors (Lipinski definition) is 1. The van der Waals surface area contributed by atoms with E-state index >= 15 is 0 Å². The van der Waals surface area contributed by atoms with E-state index in [0.717, 1.165) is 62.6 Å². The Hall–Kier alpha value is -3.35. The molecule has 182 valence electrons. The lowest BCUT2D eigenvalue weighted by atomic mass is 10.0. The molecule has 0 radical (unpaired) electrons. The third kappa shape index (κ3) is 5.50. The third-order valence-electron chi connectivity index (χ3n) is 7.07. The molecule has 0 aromatic heterocycles. The summed E-state index contributed by atoms with van der Waals surface area (Å²) in [4.78, 5) is 18.0. The Morgan fingerprint density at radius 3 is 2.37 bits per heavy atom. The largest absolute Gasteiger partial charge is 0.497 e. The van der Waals surface area contributed by atoms with Crippen LogP contribution in [0.25, 0.3) is 11.1 Å². The predicted octanol–water partition coefficient (Wildman–Crippen LogP) is 4.07. The summed E-state index contributed by atoms with van der Waals surface area (Å²) in [7, 11) is 1.69. The highest BCUT2D eigenvalue weighted by molar-refractivity contribution is 5.91. The van der Waals surface area contributed by atoms with Gasteiger partial charge in [-0.1, -0.05) is 42.5 Å². The van der Waals surface area contributed by atoms with E-state index in [1.54, 1.807) is 7.11 Å². The molecule has 6 nitrogen and oxygen atoms in total. The van der Waals surface area contributed by atoms with Crippen LogP contribution in [0.5, 0.6) is 5.75 Å². The minimum atomic E-state index is -0.239. The van der Waals surface area contributed by atoms with Gasteiger partial charge in [-0.25, -0.2) is 4.79 Å². The maximum Gasteiger partial charge on any atom is 0.338 e. The number of esters is 1. The smallest absolute Gasteiger partial charge is 0.338 e.